The fourth-order valence-corrected chi connectivity index (χ4v) is 1.44. The van der Waals surface area contributed by atoms with Crippen molar-refractivity contribution in [1.29, 1.82) is 0 Å². The Morgan fingerprint density at radius 1 is 1.64 bits per heavy atom. The molecule has 1 aliphatic rings. The van der Waals surface area contributed by atoms with Crippen LogP contribution in [0.5, 0.6) is 0 Å². The molecule has 0 unspecified atom stereocenters. The van der Waals surface area contributed by atoms with Gasteiger partial charge in [0.1, 0.15) is 0 Å². The van der Waals surface area contributed by atoms with E-state index in [1.165, 1.54) is 0 Å². The number of hydrogen-bond acceptors (Lipinski definition) is 3. The summed E-state index contributed by atoms with van der Waals surface area (Å²) in [4.78, 5) is 10.6. The average molecular weight is 159 g/mol. The Balaban J connectivity index is 2.51. The van der Waals surface area contributed by atoms with Gasteiger partial charge in [-0.25, -0.2) is 0 Å². The summed E-state index contributed by atoms with van der Waals surface area (Å²) in [5, 5.41) is 20.4. The summed E-state index contributed by atoms with van der Waals surface area (Å²) in [6.07, 6.45) is 1.56. The van der Waals surface area contributed by atoms with Crippen LogP contribution in [0.4, 0.5) is 0 Å². The van der Waals surface area contributed by atoms with E-state index in [2.05, 4.69) is 5.32 Å². The third-order valence-electron chi connectivity index (χ3n) is 2.10. The van der Waals surface area contributed by atoms with Gasteiger partial charge in [-0.15, -0.1) is 0 Å². The highest BCUT2D eigenvalue weighted by molar-refractivity contribution is 5.71. The van der Waals surface area contributed by atoms with E-state index in [4.69, 9.17) is 10.2 Å². The van der Waals surface area contributed by atoms with Crippen LogP contribution < -0.4 is 5.32 Å². The molecule has 0 aromatic rings. The lowest BCUT2D eigenvalue weighted by molar-refractivity contribution is -0.144. The minimum absolute atomic E-state index is 0.0863. The standard InChI is InChI=1S/C7H13NO3/c9-4-6-5(7(10)11)2-1-3-8-6/h5-6,8-9H,1-4H2,(H,10,11)/t5-,6+/m0/s1. The lowest BCUT2D eigenvalue weighted by Crippen LogP contribution is -2.46. The van der Waals surface area contributed by atoms with Crippen LogP contribution in [-0.4, -0.2) is 35.4 Å². The maximum atomic E-state index is 10.6. The predicted octanol–water partition coefficient (Wildman–Crippen LogP) is -0.569. The number of carboxylic acid groups (broad SMARTS) is 1. The van der Waals surface area contributed by atoms with Gasteiger partial charge in [-0.05, 0) is 19.4 Å². The Morgan fingerprint density at radius 2 is 2.36 bits per heavy atom. The number of piperidine rings is 1. The zero-order chi connectivity index (χ0) is 8.27. The molecule has 0 aliphatic carbocycles. The highest BCUT2D eigenvalue weighted by atomic mass is 16.4. The number of aliphatic carboxylic acids is 1. The molecule has 64 valence electrons. The molecule has 4 heteroatoms. The van der Waals surface area contributed by atoms with Crippen LogP contribution in [0.1, 0.15) is 12.8 Å². The molecule has 0 aromatic carbocycles. The Bertz CT molecular complexity index is 149. The lowest BCUT2D eigenvalue weighted by atomic mass is 9.91. The molecule has 1 rings (SSSR count). The molecule has 1 fully saturated rings. The van der Waals surface area contributed by atoms with E-state index in [9.17, 15) is 4.79 Å². The second-order valence-corrected chi connectivity index (χ2v) is 2.83. The van der Waals surface area contributed by atoms with Crippen molar-refractivity contribution < 1.29 is 15.0 Å². The summed E-state index contributed by atoms with van der Waals surface area (Å²) < 4.78 is 0. The lowest BCUT2D eigenvalue weighted by Gasteiger charge is -2.27. The van der Waals surface area contributed by atoms with Crippen molar-refractivity contribution in [3.8, 4) is 0 Å². The van der Waals surface area contributed by atoms with Gasteiger partial charge in [-0.3, -0.25) is 4.79 Å². The van der Waals surface area contributed by atoms with Gasteiger partial charge in [0, 0.05) is 6.04 Å². The van der Waals surface area contributed by atoms with Crippen LogP contribution in [0.25, 0.3) is 0 Å². The van der Waals surface area contributed by atoms with Crippen LogP contribution in [0.2, 0.25) is 0 Å². The van der Waals surface area contributed by atoms with Gasteiger partial charge in [0.25, 0.3) is 0 Å². The fraction of sp³-hybridized carbons (Fsp3) is 0.857. The van der Waals surface area contributed by atoms with Crippen molar-refractivity contribution in [1.82, 2.24) is 5.32 Å². The van der Waals surface area contributed by atoms with Gasteiger partial charge in [-0.2, -0.15) is 0 Å². The highest BCUT2D eigenvalue weighted by Crippen LogP contribution is 2.15. The Hall–Kier alpha value is -0.610. The van der Waals surface area contributed by atoms with Crippen LogP contribution in [0.15, 0.2) is 0 Å². The summed E-state index contributed by atoms with van der Waals surface area (Å²) >= 11 is 0. The van der Waals surface area contributed by atoms with Crippen molar-refractivity contribution in [3.05, 3.63) is 0 Å². The second-order valence-electron chi connectivity index (χ2n) is 2.83. The number of rotatable bonds is 2. The molecule has 1 heterocycles. The molecule has 0 radical (unpaired) electrons. The van der Waals surface area contributed by atoms with E-state index in [-0.39, 0.29) is 12.6 Å². The Morgan fingerprint density at radius 3 is 2.82 bits per heavy atom. The molecule has 0 aromatic heterocycles. The number of hydrogen-bond donors (Lipinski definition) is 3. The van der Waals surface area contributed by atoms with Gasteiger partial charge >= 0.3 is 5.97 Å². The molecule has 4 nitrogen and oxygen atoms in total. The zero-order valence-electron chi connectivity index (χ0n) is 6.29. The fourth-order valence-electron chi connectivity index (χ4n) is 1.44. The molecule has 1 saturated heterocycles. The smallest absolute Gasteiger partial charge is 0.308 e. The summed E-state index contributed by atoms with van der Waals surface area (Å²) in [6, 6.07) is -0.249. The first-order valence-corrected chi connectivity index (χ1v) is 3.82. The number of aliphatic hydroxyl groups excluding tert-OH is 1. The Labute approximate surface area is 65.2 Å². The molecule has 0 spiro atoms. The summed E-state index contributed by atoms with van der Waals surface area (Å²) in [6.45, 7) is 0.728. The number of aliphatic hydroxyl groups is 1. The van der Waals surface area contributed by atoms with Gasteiger partial charge in [0.2, 0.25) is 0 Å². The molecular weight excluding hydrogens is 146 g/mol. The topological polar surface area (TPSA) is 69.6 Å². The van der Waals surface area contributed by atoms with Crippen LogP contribution in [-0.2, 0) is 4.79 Å². The van der Waals surface area contributed by atoms with E-state index in [0.29, 0.717) is 6.42 Å². The largest absolute Gasteiger partial charge is 0.481 e. The normalized spacial score (nSPS) is 31.7. The van der Waals surface area contributed by atoms with Crippen molar-refractivity contribution in [3.63, 3.8) is 0 Å². The first-order chi connectivity index (χ1) is 5.25. The number of nitrogens with one attached hydrogen (secondary N) is 1. The SMILES string of the molecule is O=C(O)[C@H]1CCCN[C@@H]1CO. The van der Waals surface area contributed by atoms with Gasteiger partial charge in [0.15, 0.2) is 0 Å². The molecule has 0 bridgehead atoms. The molecular formula is C7H13NO3. The predicted molar refractivity (Wildman–Crippen MR) is 39.2 cm³/mol. The van der Waals surface area contributed by atoms with Crippen LogP contribution in [0.3, 0.4) is 0 Å². The van der Waals surface area contributed by atoms with Gasteiger partial charge in [0.05, 0.1) is 12.5 Å². The van der Waals surface area contributed by atoms with Crippen molar-refractivity contribution in [2.45, 2.75) is 18.9 Å². The maximum Gasteiger partial charge on any atom is 0.308 e. The van der Waals surface area contributed by atoms with E-state index in [1.807, 2.05) is 0 Å². The summed E-state index contributed by atoms with van der Waals surface area (Å²) in [5.41, 5.74) is 0. The Kier molecular flexibility index (Phi) is 2.84. The van der Waals surface area contributed by atoms with Gasteiger partial charge in [-0.1, -0.05) is 0 Å². The second kappa shape index (κ2) is 3.69. The van der Waals surface area contributed by atoms with E-state index in [1.54, 1.807) is 0 Å². The van der Waals surface area contributed by atoms with Crippen molar-refractivity contribution >= 4 is 5.97 Å². The highest BCUT2D eigenvalue weighted by Gasteiger charge is 2.29. The molecule has 11 heavy (non-hydrogen) atoms. The molecule has 0 amide bonds. The third kappa shape index (κ3) is 1.91. The van der Waals surface area contributed by atoms with Gasteiger partial charge < -0.3 is 15.5 Å². The molecule has 0 saturated carbocycles. The minimum atomic E-state index is -0.809. The molecule has 1 aliphatic heterocycles. The third-order valence-corrected chi connectivity index (χ3v) is 2.10. The summed E-state index contributed by atoms with van der Waals surface area (Å²) in [5.74, 6) is -1.22. The monoisotopic (exact) mass is 159 g/mol. The number of carbonyl (C=O) groups is 1. The molecule has 2 atom stereocenters. The first kappa shape index (κ1) is 8.49. The quantitative estimate of drug-likeness (QED) is 0.504. The van der Waals surface area contributed by atoms with E-state index in [0.717, 1.165) is 13.0 Å². The van der Waals surface area contributed by atoms with Crippen LogP contribution >= 0.6 is 0 Å². The minimum Gasteiger partial charge on any atom is -0.481 e. The van der Waals surface area contributed by atoms with E-state index >= 15 is 0 Å². The first-order valence-electron chi connectivity index (χ1n) is 3.82. The zero-order valence-corrected chi connectivity index (χ0v) is 6.29. The van der Waals surface area contributed by atoms with Crippen molar-refractivity contribution in [2.24, 2.45) is 5.92 Å². The molecule has 3 N–H and O–H groups in total. The van der Waals surface area contributed by atoms with Crippen LogP contribution in [0, 0.1) is 5.92 Å². The van der Waals surface area contributed by atoms with E-state index < -0.39 is 11.9 Å². The maximum absolute atomic E-state index is 10.6. The average Bonchev–Trinajstić information content (AvgIpc) is 2.04. The van der Waals surface area contributed by atoms with Crippen molar-refractivity contribution in [2.75, 3.05) is 13.2 Å². The summed E-state index contributed by atoms with van der Waals surface area (Å²) in [7, 11) is 0. The number of carboxylic acids is 1.